The molecule has 1 fully saturated rings. The van der Waals surface area contributed by atoms with E-state index in [-0.39, 0.29) is 11.8 Å². The molecule has 0 radical (unpaired) electrons. The Morgan fingerprint density at radius 1 is 1.29 bits per heavy atom. The van der Waals surface area contributed by atoms with Crippen molar-refractivity contribution in [2.45, 2.75) is 44.6 Å². The lowest BCUT2D eigenvalue weighted by atomic mass is 9.95. The van der Waals surface area contributed by atoms with Crippen molar-refractivity contribution < 1.29 is 9.59 Å². The zero-order valence-corrected chi connectivity index (χ0v) is 11.6. The van der Waals surface area contributed by atoms with Crippen LogP contribution in [0.1, 0.15) is 42.5 Å². The van der Waals surface area contributed by atoms with E-state index in [1.807, 2.05) is 6.07 Å². The van der Waals surface area contributed by atoms with Crippen LogP contribution in [0.25, 0.3) is 0 Å². The second-order valence-corrected chi connectivity index (χ2v) is 5.46. The summed E-state index contributed by atoms with van der Waals surface area (Å²) in [5.41, 5.74) is 2.60. The van der Waals surface area contributed by atoms with E-state index in [2.05, 4.69) is 21.7 Å². The number of amides is 2. The highest BCUT2D eigenvalue weighted by Gasteiger charge is 2.27. The van der Waals surface area contributed by atoms with Gasteiger partial charge in [0, 0.05) is 12.1 Å². The number of carbonyl (C=O) groups excluding carboxylic acids is 2. The van der Waals surface area contributed by atoms with Gasteiger partial charge in [-0.05, 0) is 43.7 Å². The van der Waals surface area contributed by atoms with Crippen LogP contribution >= 0.6 is 0 Å². The molecular formula is C15H16N4O2. The summed E-state index contributed by atoms with van der Waals surface area (Å²) in [7, 11) is 0. The Balaban J connectivity index is 1.86. The zero-order chi connectivity index (χ0) is 14.8. The largest absolute Gasteiger partial charge is 0.357 e. The first kappa shape index (κ1) is 13.6. The number of aromatic nitrogens is 1. The van der Waals surface area contributed by atoms with E-state index in [1.165, 1.54) is 0 Å². The van der Waals surface area contributed by atoms with Gasteiger partial charge in [-0.15, -0.1) is 0 Å². The Hall–Kier alpha value is -2.42. The van der Waals surface area contributed by atoms with Gasteiger partial charge in [0.15, 0.2) is 0 Å². The fourth-order valence-electron chi connectivity index (χ4n) is 2.83. The number of nitrogens with one attached hydrogen (secondary N) is 2. The van der Waals surface area contributed by atoms with E-state index in [1.54, 1.807) is 0 Å². The van der Waals surface area contributed by atoms with Gasteiger partial charge < -0.3 is 5.32 Å². The molecule has 6 heteroatoms. The van der Waals surface area contributed by atoms with Crippen LogP contribution in [0.2, 0.25) is 0 Å². The molecule has 0 saturated carbocycles. The number of carbonyl (C=O) groups is 2. The summed E-state index contributed by atoms with van der Waals surface area (Å²) < 4.78 is 0. The van der Waals surface area contributed by atoms with E-state index >= 15 is 0 Å². The van der Waals surface area contributed by atoms with E-state index < -0.39 is 6.04 Å². The van der Waals surface area contributed by atoms with Crippen molar-refractivity contribution in [1.29, 1.82) is 5.26 Å². The van der Waals surface area contributed by atoms with Crippen LogP contribution in [-0.4, -0.2) is 22.8 Å². The normalized spacial score (nSPS) is 21.2. The Labute approximate surface area is 122 Å². The number of hydrogen-bond donors (Lipinski definition) is 2. The zero-order valence-electron chi connectivity index (χ0n) is 11.6. The smallest absolute Gasteiger partial charge is 0.249 e. The fraction of sp³-hybridized carbons (Fsp3) is 0.467. The van der Waals surface area contributed by atoms with Gasteiger partial charge in [-0.25, -0.2) is 4.98 Å². The number of pyridine rings is 1. The van der Waals surface area contributed by atoms with Gasteiger partial charge in [0.1, 0.15) is 17.9 Å². The minimum atomic E-state index is -0.510. The Kier molecular flexibility index (Phi) is 3.57. The van der Waals surface area contributed by atoms with Gasteiger partial charge in [0.05, 0.1) is 5.56 Å². The van der Waals surface area contributed by atoms with Gasteiger partial charge in [-0.2, -0.15) is 5.26 Å². The number of aryl methyl sites for hydroxylation is 2. The maximum Gasteiger partial charge on any atom is 0.249 e. The third-order valence-electron chi connectivity index (χ3n) is 3.97. The number of rotatable bonds is 2. The quantitative estimate of drug-likeness (QED) is 0.791. The molecule has 2 N–H and O–H groups in total. The van der Waals surface area contributed by atoms with Crippen LogP contribution in [0.5, 0.6) is 0 Å². The minimum absolute atomic E-state index is 0.253. The average Bonchev–Trinajstić information content (AvgIpc) is 2.49. The van der Waals surface area contributed by atoms with Crippen molar-refractivity contribution in [3.05, 3.63) is 22.9 Å². The highest BCUT2D eigenvalue weighted by atomic mass is 16.2. The average molecular weight is 284 g/mol. The maximum absolute atomic E-state index is 11.8. The van der Waals surface area contributed by atoms with Crippen LogP contribution in [0, 0.1) is 11.3 Å². The number of imide groups is 1. The molecule has 21 heavy (non-hydrogen) atoms. The first-order valence-electron chi connectivity index (χ1n) is 7.20. The molecule has 1 atom stereocenters. The number of anilines is 1. The molecule has 0 aromatic carbocycles. The summed E-state index contributed by atoms with van der Waals surface area (Å²) in [5, 5.41) is 14.6. The van der Waals surface area contributed by atoms with Crippen molar-refractivity contribution >= 4 is 17.6 Å². The molecule has 1 aromatic heterocycles. The molecule has 0 spiro atoms. The highest BCUT2D eigenvalue weighted by molar-refractivity contribution is 6.01. The summed E-state index contributed by atoms with van der Waals surface area (Å²) in [5.74, 6) is -0.153. The summed E-state index contributed by atoms with van der Waals surface area (Å²) in [6.07, 6.45) is 4.81. The SMILES string of the molecule is N#Cc1cc2c(nc1NC1CCC(=O)NC1=O)CCCC2. The number of nitriles is 1. The molecule has 1 aromatic rings. The number of hydrogen-bond acceptors (Lipinski definition) is 5. The summed E-state index contributed by atoms with van der Waals surface area (Å²) in [6.45, 7) is 0. The molecule has 6 nitrogen and oxygen atoms in total. The van der Waals surface area contributed by atoms with Crippen molar-refractivity contribution in [2.24, 2.45) is 0 Å². The van der Waals surface area contributed by atoms with E-state index in [0.29, 0.717) is 24.2 Å². The predicted octanol–water partition coefficient (Wildman–Crippen LogP) is 1.05. The molecule has 0 bridgehead atoms. The minimum Gasteiger partial charge on any atom is -0.357 e. The third-order valence-corrected chi connectivity index (χ3v) is 3.97. The number of nitrogens with zero attached hydrogens (tertiary/aromatic N) is 2. The lowest BCUT2D eigenvalue weighted by molar-refractivity contribution is -0.133. The van der Waals surface area contributed by atoms with Crippen molar-refractivity contribution in [3.8, 4) is 6.07 Å². The first-order chi connectivity index (χ1) is 10.2. The molecule has 1 aliphatic carbocycles. The highest BCUT2D eigenvalue weighted by Crippen LogP contribution is 2.25. The van der Waals surface area contributed by atoms with Crippen molar-refractivity contribution in [3.63, 3.8) is 0 Å². The number of fused-ring (bicyclic) bond motifs is 1. The third kappa shape index (κ3) is 2.72. The summed E-state index contributed by atoms with van der Waals surface area (Å²) >= 11 is 0. The van der Waals surface area contributed by atoms with Gasteiger partial charge in [-0.1, -0.05) is 0 Å². The van der Waals surface area contributed by atoms with Gasteiger partial charge in [-0.3, -0.25) is 14.9 Å². The molecule has 1 aliphatic heterocycles. The van der Waals surface area contributed by atoms with Gasteiger partial charge in [0.2, 0.25) is 11.8 Å². The van der Waals surface area contributed by atoms with E-state index in [4.69, 9.17) is 0 Å². The van der Waals surface area contributed by atoms with Crippen LogP contribution in [0.4, 0.5) is 5.82 Å². The molecular weight excluding hydrogens is 268 g/mol. The summed E-state index contributed by atoms with van der Waals surface area (Å²) in [4.78, 5) is 27.5. The Morgan fingerprint density at radius 3 is 2.86 bits per heavy atom. The predicted molar refractivity (Wildman–Crippen MR) is 75.4 cm³/mol. The molecule has 2 amide bonds. The lowest BCUT2D eigenvalue weighted by Crippen LogP contribution is -2.47. The van der Waals surface area contributed by atoms with Crippen LogP contribution in [-0.2, 0) is 22.4 Å². The monoisotopic (exact) mass is 284 g/mol. The van der Waals surface area contributed by atoms with Gasteiger partial charge in [0.25, 0.3) is 0 Å². The van der Waals surface area contributed by atoms with Crippen LogP contribution < -0.4 is 10.6 Å². The summed E-state index contributed by atoms with van der Waals surface area (Å²) in [6, 6.07) is 3.50. The fourth-order valence-corrected chi connectivity index (χ4v) is 2.83. The van der Waals surface area contributed by atoms with Gasteiger partial charge >= 0.3 is 0 Å². The second kappa shape index (κ2) is 5.52. The van der Waals surface area contributed by atoms with E-state index in [0.717, 1.165) is 36.9 Å². The molecule has 1 unspecified atom stereocenters. The molecule has 108 valence electrons. The molecule has 2 aliphatic rings. The first-order valence-corrected chi connectivity index (χ1v) is 7.20. The van der Waals surface area contributed by atoms with E-state index in [9.17, 15) is 14.9 Å². The van der Waals surface area contributed by atoms with Crippen LogP contribution in [0.3, 0.4) is 0 Å². The topological polar surface area (TPSA) is 94.9 Å². The maximum atomic E-state index is 11.8. The lowest BCUT2D eigenvalue weighted by Gasteiger charge is -2.24. The second-order valence-electron chi connectivity index (χ2n) is 5.46. The van der Waals surface area contributed by atoms with Crippen LogP contribution in [0.15, 0.2) is 6.07 Å². The van der Waals surface area contributed by atoms with Crippen molar-refractivity contribution in [2.75, 3.05) is 5.32 Å². The Morgan fingerprint density at radius 2 is 2.10 bits per heavy atom. The molecule has 3 rings (SSSR count). The standard InChI is InChI=1S/C15H16N4O2/c16-8-10-7-9-3-1-2-4-11(9)17-14(10)18-12-5-6-13(20)19-15(12)21/h7,12H,1-6H2,(H,17,18)(H,19,20,21). The van der Waals surface area contributed by atoms with Crippen molar-refractivity contribution in [1.82, 2.24) is 10.3 Å². The molecule has 2 heterocycles. The Bertz CT molecular complexity index is 648. The molecule has 1 saturated heterocycles. The number of piperidine rings is 1.